The molecule has 0 bridgehead atoms. The molecule has 0 unspecified atom stereocenters. The molecule has 3 aromatic rings. The van der Waals surface area contributed by atoms with E-state index in [9.17, 15) is 4.79 Å². The van der Waals surface area contributed by atoms with E-state index in [1.807, 2.05) is 11.1 Å². The molecular weight excluding hydrogens is 434 g/mol. The maximum atomic E-state index is 12.6. The average Bonchev–Trinajstić information content (AvgIpc) is 3.22. The van der Waals surface area contributed by atoms with E-state index in [4.69, 9.17) is 31.2 Å². The third-order valence-electron chi connectivity index (χ3n) is 5.74. The van der Waals surface area contributed by atoms with Crippen LogP contribution >= 0.6 is 11.6 Å². The van der Waals surface area contributed by atoms with Crippen molar-refractivity contribution in [3.63, 3.8) is 0 Å². The fourth-order valence-corrected chi connectivity index (χ4v) is 4.19. The van der Waals surface area contributed by atoms with Gasteiger partial charge in [0, 0.05) is 32.7 Å². The van der Waals surface area contributed by atoms with Gasteiger partial charge in [0.15, 0.2) is 11.5 Å². The Bertz CT molecular complexity index is 1160. The molecule has 1 fully saturated rings. The van der Waals surface area contributed by atoms with Crippen LogP contribution < -0.4 is 26.0 Å². The zero-order valence-corrected chi connectivity index (χ0v) is 18.3. The lowest BCUT2D eigenvalue weighted by molar-refractivity contribution is 0.173. The molecule has 2 N–H and O–H groups in total. The summed E-state index contributed by atoms with van der Waals surface area (Å²) in [5, 5.41) is 6.58. The van der Waals surface area contributed by atoms with Gasteiger partial charge >= 0.3 is 5.76 Å². The number of piperazine rings is 1. The van der Waals surface area contributed by atoms with E-state index in [-0.39, 0.29) is 10.9 Å². The number of rotatable bonds is 5. The van der Waals surface area contributed by atoms with Crippen molar-refractivity contribution in [3.05, 3.63) is 57.5 Å². The highest BCUT2D eigenvalue weighted by Gasteiger charge is 2.27. The number of hydrogen-bond acceptors (Lipinski definition) is 8. The van der Waals surface area contributed by atoms with Crippen LogP contribution in [0.2, 0.25) is 5.02 Å². The number of hydrogen-bond donors (Lipinski definition) is 1. The van der Waals surface area contributed by atoms with Gasteiger partial charge in [-0.1, -0.05) is 46.7 Å². The van der Waals surface area contributed by atoms with Crippen molar-refractivity contribution in [1.82, 2.24) is 14.8 Å². The first-order valence-electron chi connectivity index (χ1n) is 10.6. The molecule has 1 saturated heterocycles. The van der Waals surface area contributed by atoms with Crippen molar-refractivity contribution in [3.8, 4) is 23.0 Å². The number of nitrogens with zero attached hydrogens (tertiary/aromatic N) is 4. The second kappa shape index (κ2) is 8.76. The van der Waals surface area contributed by atoms with Gasteiger partial charge in [-0.2, -0.15) is 0 Å². The van der Waals surface area contributed by atoms with Gasteiger partial charge in [-0.25, -0.2) is 4.79 Å². The molecule has 2 aliphatic heterocycles. The predicted octanol–water partition coefficient (Wildman–Crippen LogP) is 2.01. The highest BCUT2D eigenvalue weighted by molar-refractivity contribution is 6.34. The third kappa shape index (κ3) is 4.01. The minimum atomic E-state index is -0.559. The highest BCUT2D eigenvalue weighted by Crippen LogP contribution is 2.46. The molecule has 2 aliphatic rings. The van der Waals surface area contributed by atoms with E-state index in [0.717, 1.165) is 26.1 Å². The predicted molar refractivity (Wildman–Crippen MR) is 121 cm³/mol. The summed E-state index contributed by atoms with van der Waals surface area (Å²) in [7, 11) is 0. The van der Waals surface area contributed by atoms with Crippen molar-refractivity contribution < 1.29 is 13.9 Å². The summed E-state index contributed by atoms with van der Waals surface area (Å²) in [5.74, 6) is 0.293. The zero-order chi connectivity index (χ0) is 22.1. The number of anilines is 1. The summed E-state index contributed by atoms with van der Waals surface area (Å²) in [4.78, 5) is 16.2. The summed E-state index contributed by atoms with van der Waals surface area (Å²) in [6, 6.07) is 12.0. The fourth-order valence-electron chi connectivity index (χ4n) is 4.00. The quantitative estimate of drug-likeness (QED) is 0.581. The van der Waals surface area contributed by atoms with E-state index < -0.39 is 5.76 Å². The first-order valence-corrected chi connectivity index (χ1v) is 11.0. The molecule has 168 valence electrons. The monoisotopic (exact) mass is 457 g/mol. The van der Waals surface area contributed by atoms with Crippen LogP contribution in [0.1, 0.15) is 5.56 Å². The Labute approximate surface area is 189 Å². The Balaban J connectivity index is 1.30. The fraction of sp³-hybridized carbons (Fsp3) is 0.364. The Morgan fingerprint density at radius 1 is 1.03 bits per heavy atom. The second-order valence-corrected chi connectivity index (χ2v) is 8.18. The maximum absolute atomic E-state index is 12.6. The molecule has 3 heterocycles. The number of halogens is 1. The third-order valence-corrected chi connectivity index (χ3v) is 6.05. The van der Waals surface area contributed by atoms with Gasteiger partial charge in [-0.3, -0.25) is 9.91 Å². The SMILES string of the molecule is Nc1c(Cl)cc(-c2nn(N3CCN(CCc4ccccc4)CC3)c(=O)o2)c2c1OCCO2. The summed E-state index contributed by atoms with van der Waals surface area (Å²) in [6.45, 7) is 4.70. The van der Waals surface area contributed by atoms with E-state index in [0.29, 0.717) is 49.1 Å². The largest absolute Gasteiger partial charge is 0.485 e. The Kier molecular flexibility index (Phi) is 5.67. The lowest BCUT2D eigenvalue weighted by atomic mass is 10.1. The molecule has 0 aliphatic carbocycles. The van der Waals surface area contributed by atoms with Gasteiger partial charge in [0.05, 0.1) is 16.3 Å². The van der Waals surface area contributed by atoms with Crippen LogP contribution in [0.5, 0.6) is 11.5 Å². The van der Waals surface area contributed by atoms with Gasteiger partial charge in [0.25, 0.3) is 5.89 Å². The van der Waals surface area contributed by atoms with Crippen molar-refractivity contribution in [2.45, 2.75) is 6.42 Å². The molecule has 32 heavy (non-hydrogen) atoms. The van der Waals surface area contributed by atoms with Gasteiger partial charge in [0.1, 0.15) is 13.2 Å². The van der Waals surface area contributed by atoms with E-state index in [2.05, 4.69) is 34.3 Å². The van der Waals surface area contributed by atoms with E-state index in [1.165, 1.54) is 10.4 Å². The first kappa shape index (κ1) is 20.7. The molecule has 5 rings (SSSR count). The van der Waals surface area contributed by atoms with Crippen LogP contribution in [0.25, 0.3) is 11.5 Å². The molecule has 9 nitrogen and oxygen atoms in total. The molecule has 0 amide bonds. The number of nitrogen functional groups attached to an aromatic ring is 1. The van der Waals surface area contributed by atoms with Crippen LogP contribution in [-0.2, 0) is 6.42 Å². The Morgan fingerprint density at radius 3 is 2.50 bits per heavy atom. The van der Waals surface area contributed by atoms with E-state index >= 15 is 0 Å². The maximum Gasteiger partial charge on any atom is 0.457 e. The summed E-state index contributed by atoms with van der Waals surface area (Å²) < 4.78 is 16.8. The molecule has 0 spiro atoms. The number of benzene rings is 2. The molecule has 1 aromatic heterocycles. The van der Waals surface area contributed by atoms with Crippen molar-refractivity contribution in [1.29, 1.82) is 0 Å². The number of aromatic nitrogens is 2. The van der Waals surface area contributed by atoms with Crippen LogP contribution in [-0.4, -0.2) is 60.7 Å². The van der Waals surface area contributed by atoms with Gasteiger partial charge in [0.2, 0.25) is 0 Å². The zero-order valence-electron chi connectivity index (χ0n) is 17.5. The topological polar surface area (TPSA) is 99.0 Å². The standard InChI is InChI=1S/C22H24ClN5O4/c23-17-14-16(19-20(18(17)24)31-13-12-30-19)21-25-28(22(29)32-21)27-10-8-26(9-11-27)7-6-15-4-2-1-3-5-15/h1-5,14H,6-13,24H2. The second-order valence-electron chi connectivity index (χ2n) is 7.77. The van der Waals surface area contributed by atoms with Crippen molar-refractivity contribution >= 4 is 17.3 Å². The number of fused-ring (bicyclic) bond motifs is 1. The van der Waals surface area contributed by atoms with Crippen molar-refractivity contribution in [2.75, 3.05) is 56.7 Å². The molecule has 10 heteroatoms. The van der Waals surface area contributed by atoms with Crippen molar-refractivity contribution in [2.24, 2.45) is 0 Å². The van der Waals surface area contributed by atoms with Gasteiger partial charge in [-0.05, 0) is 18.1 Å². The Hall–Kier alpha value is -3.17. The lowest BCUT2D eigenvalue weighted by Crippen LogP contribution is -2.54. The van der Waals surface area contributed by atoms with Crippen LogP contribution in [0, 0.1) is 0 Å². The Morgan fingerprint density at radius 2 is 1.75 bits per heavy atom. The minimum Gasteiger partial charge on any atom is -0.485 e. The van der Waals surface area contributed by atoms with E-state index in [1.54, 1.807) is 6.07 Å². The first-order chi connectivity index (χ1) is 15.6. The average molecular weight is 458 g/mol. The molecule has 0 atom stereocenters. The molecule has 0 radical (unpaired) electrons. The summed E-state index contributed by atoms with van der Waals surface area (Å²) in [5.41, 5.74) is 8.06. The summed E-state index contributed by atoms with van der Waals surface area (Å²) in [6.07, 6.45) is 1.000. The van der Waals surface area contributed by atoms with Crippen LogP contribution in [0.15, 0.2) is 45.6 Å². The normalized spacial score (nSPS) is 16.3. The number of nitrogens with two attached hydrogens (primary N) is 1. The molecule has 0 saturated carbocycles. The highest BCUT2D eigenvalue weighted by atomic mass is 35.5. The molecule has 2 aromatic carbocycles. The van der Waals surface area contributed by atoms with Gasteiger partial charge in [-0.15, -0.1) is 5.10 Å². The number of ether oxygens (including phenoxy) is 2. The summed E-state index contributed by atoms with van der Waals surface area (Å²) >= 11 is 6.26. The lowest BCUT2D eigenvalue weighted by Gasteiger charge is -2.34. The molecular formula is C22H24ClN5O4. The van der Waals surface area contributed by atoms with Crippen LogP contribution in [0.3, 0.4) is 0 Å². The van der Waals surface area contributed by atoms with Gasteiger partial charge < -0.3 is 19.6 Å². The minimum absolute atomic E-state index is 0.116. The smallest absolute Gasteiger partial charge is 0.457 e. The van der Waals surface area contributed by atoms with Crippen LogP contribution in [0.4, 0.5) is 5.69 Å².